The van der Waals surface area contributed by atoms with E-state index in [4.69, 9.17) is 9.47 Å². The van der Waals surface area contributed by atoms with Crippen LogP contribution in [0.1, 0.15) is 18.1 Å². The van der Waals surface area contributed by atoms with Gasteiger partial charge in [0, 0.05) is 23.2 Å². The van der Waals surface area contributed by atoms with Crippen LogP contribution in [0.25, 0.3) is 6.08 Å². The van der Waals surface area contributed by atoms with Crippen LogP contribution in [0, 0.1) is 11.3 Å². The molecule has 2 aromatic rings. The number of nitrogens with one attached hydrogen (secondary N) is 1. The van der Waals surface area contributed by atoms with Crippen LogP contribution in [-0.4, -0.2) is 25.7 Å². The summed E-state index contributed by atoms with van der Waals surface area (Å²) in [4.78, 5) is 12.3. The highest BCUT2D eigenvalue weighted by molar-refractivity contribution is 9.10. The number of rotatable bonds is 8. The van der Waals surface area contributed by atoms with Crippen LogP contribution in [0.5, 0.6) is 5.75 Å². The predicted molar refractivity (Wildman–Crippen MR) is 108 cm³/mol. The Kier molecular flexibility index (Phi) is 8.05. The zero-order chi connectivity index (χ0) is 19.6. The van der Waals surface area contributed by atoms with Crippen molar-refractivity contribution >= 4 is 27.9 Å². The highest BCUT2D eigenvalue weighted by atomic mass is 79.9. The fourth-order valence-corrected chi connectivity index (χ4v) is 2.77. The Morgan fingerprint density at radius 2 is 2.04 bits per heavy atom. The highest BCUT2D eigenvalue weighted by Gasteiger charge is 2.14. The van der Waals surface area contributed by atoms with Gasteiger partial charge in [-0.15, -0.1) is 0 Å². The monoisotopic (exact) mass is 428 g/mol. The molecule has 0 spiro atoms. The van der Waals surface area contributed by atoms with Crippen molar-refractivity contribution in [2.24, 2.45) is 0 Å². The zero-order valence-electron chi connectivity index (χ0n) is 15.2. The highest BCUT2D eigenvalue weighted by Crippen LogP contribution is 2.26. The Labute approximate surface area is 167 Å². The van der Waals surface area contributed by atoms with Gasteiger partial charge in [-0.05, 0) is 36.8 Å². The molecule has 0 heterocycles. The summed E-state index contributed by atoms with van der Waals surface area (Å²) in [5.74, 6) is 0.142. The Bertz CT molecular complexity index is 844. The summed E-state index contributed by atoms with van der Waals surface area (Å²) in [5.41, 5.74) is 1.68. The average Bonchev–Trinajstić information content (AvgIpc) is 2.66. The van der Waals surface area contributed by atoms with Crippen LogP contribution in [-0.2, 0) is 16.1 Å². The van der Waals surface area contributed by atoms with Crippen LogP contribution in [0.15, 0.2) is 58.6 Å². The Hall–Kier alpha value is -2.62. The van der Waals surface area contributed by atoms with E-state index in [2.05, 4.69) is 21.2 Å². The van der Waals surface area contributed by atoms with Crippen molar-refractivity contribution in [3.05, 3.63) is 69.7 Å². The smallest absolute Gasteiger partial charge is 0.262 e. The summed E-state index contributed by atoms with van der Waals surface area (Å²) in [5, 5.41) is 12.1. The second-order valence-electron chi connectivity index (χ2n) is 5.96. The molecule has 27 heavy (non-hydrogen) atoms. The van der Waals surface area contributed by atoms with Gasteiger partial charge in [0.15, 0.2) is 0 Å². The van der Waals surface area contributed by atoms with Gasteiger partial charge in [0.25, 0.3) is 5.91 Å². The minimum Gasteiger partial charge on any atom is -0.488 e. The van der Waals surface area contributed by atoms with Crippen molar-refractivity contribution in [2.75, 3.05) is 13.7 Å². The molecule has 0 aliphatic heterocycles. The van der Waals surface area contributed by atoms with Gasteiger partial charge in [0.2, 0.25) is 0 Å². The van der Waals surface area contributed by atoms with Gasteiger partial charge < -0.3 is 14.8 Å². The first kappa shape index (κ1) is 20.7. The van der Waals surface area contributed by atoms with Crippen molar-refractivity contribution in [3.8, 4) is 11.8 Å². The van der Waals surface area contributed by atoms with E-state index >= 15 is 0 Å². The lowest BCUT2D eigenvalue weighted by Crippen LogP contribution is -2.36. The van der Waals surface area contributed by atoms with Crippen LogP contribution in [0.3, 0.4) is 0 Å². The first-order valence-electron chi connectivity index (χ1n) is 8.41. The maximum atomic E-state index is 12.3. The van der Waals surface area contributed by atoms with Gasteiger partial charge in [-0.3, -0.25) is 4.79 Å². The number of hydrogen-bond acceptors (Lipinski definition) is 4. The molecule has 2 rings (SSSR count). The second kappa shape index (κ2) is 10.5. The van der Waals surface area contributed by atoms with E-state index in [9.17, 15) is 10.1 Å². The van der Waals surface area contributed by atoms with Gasteiger partial charge in [0.1, 0.15) is 24.0 Å². The molecule has 0 bridgehead atoms. The summed E-state index contributed by atoms with van der Waals surface area (Å²) in [6.07, 6.45) is 1.53. The molecule has 0 aliphatic rings. The molecule has 140 valence electrons. The largest absolute Gasteiger partial charge is 0.488 e. The van der Waals surface area contributed by atoms with Crippen LogP contribution in [0.4, 0.5) is 0 Å². The third-order valence-corrected chi connectivity index (χ3v) is 4.16. The van der Waals surface area contributed by atoms with Crippen molar-refractivity contribution < 1.29 is 14.3 Å². The van der Waals surface area contributed by atoms with Crippen LogP contribution >= 0.6 is 15.9 Å². The standard InChI is InChI=1S/C21H21BrN2O3/c1-15(13-26-2)24-21(25)18(12-23)10-17-11-19(22)8-9-20(17)27-14-16-6-4-3-5-7-16/h3-11,15H,13-14H2,1-2H3,(H,24,25)/b18-10+. The minimum atomic E-state index is -0.448. The van der Waals surface area contributed by atoms with Gasteiger partial charge in [-0.2, -0.15) is 5.26 Å². The number of hydrogen-bond donors (Lipinski definition) is 1. The van der Waals surface area contributed by atoms with E-state index in [1.807, 2.05) is 55.5 Å². The molecule has 1 amide bonds. The number of ether oxygens (including phenoxy) is 2. The average molecular weight is 429 g/mol. The molecule has 5 nitrogen and oxygen atoms in total. The fraction of sp³-hybridized carbons (Fsp3) is 0.238. The molecule has 0 fully saturated rings. The number of benzene rings is 2. The van der Waals surface area contributed by atoms with Crippen molar-refractivity contribution in [1.82, 2.24) is 5.32 Å². The lowest BCUT2D eigenvalue weighted by atomic mass is 10.1. The molecule has 0 radical (unpaired) electrons. The molecule has 6 heteroatoms. The van der Waals surface area contributed by atoms with Crippen molar-refractivity contribution in [2.45, 2.75) is 19.6 Å². The molecule has 1 atom stereocenters. The first-order chi connectivity index (χ1) is 13.0. The second-order valence-corrected chi connectivity index (χ2v) is 6.87. The molecule has 0 aromatic heterocycles. The van der Waals surface area contributed by atoms with Gasteiger partial charge in [-0.25, -0.2) is 0 Å². The molecule has 0 aliphatic carbocycles. The number of carbonyl (C=O) groups excluding carboxylic acids is 1. The maximum Gasteiger partial charge on any atom is 0.262 e. The van der Waals surface area contributed by atoms with Gasteiger partial charge in [0.05, 0.1) is 6.61 Å². The topological polar surface area (TPSA) is 71.3 Å². The Balaban J connectivity index is 2.22. The Morgan fingerprint density at radius 1 is 1.30 bits per heavy atom. The summed E-state index contributed by atoms with van der Waals surface area (Å²) >= 11 is 3.42. The summed E-state index contributed by atoms with van der Waals surface area (Å²) < 4.78 is 11.7. The number of amides is 1. The zero-order valence-corrected chi connectivity index (χ0v) is 16.8. The minimum absolute atomic E-state index is 0.000569. The SMILES string of the molecule is COCC(C)NC(=O)/C(C#N)=C/c1cc(Br)ccc1OCc1ccccc1. The molecular weight excluding hydrogens is 408 g/mol. The van der Waals surface area contributed by atoms with Crippen molar-refractivity contribution in [3.63, 3.8) is 0 Å². The number of nitriles is 1. The number of carbonyl (C=O) groups is 1. The number of nitrogens with zero attached hydrogens (tertiary/aromatic N) is 1. The summed E-state index contributed by atoms with van der Waals surface area (Å²) in [6.45, 7) is 2.57. The molecule has 0 saturated carbocycles. The number of halogens is 1. The lowest BCUT2D eigenvalue weighted by molar-refractivity contribution is -0.117. The normalized spacial score (nSPS) is 12.1. The Morgan fingerprint density at radius 3 is 2.70 bits per heavy atom. The lowest BCUT2D eigenvalue weighted by Gasteiger charge is -2.13. The quantitative estimate of drug-likeness (QED) is 0.507. The summed E-state index contributed by atoms with van der Waals surface area (Å²) in [7, 11) is 1.56. The molecule has 1 N–H and O–H groups in total. The third-order valence-electron chi connectivity index (χ3n) is 3.67. The maximum absolute atomic E-state index is 12.3. The van der Waals surface area contributed by atoms with E-state index in [-0.39, 0.29) is 11.6 Å². The van der Waals surface area contributed by atoms with Crippen LogP contribution < -0.4 is 10.1 Å². The summed E-state index contributed by atoms with van der Waals surface area (Å²) in [6, 6.07) is 17.0. The van der Waals surface area contributed by atoms with Gasteiger partial charge >= 0.3 is 0 Å². The van der Waals surface area contributed by atoms with E-state index in [1.54, 1.807) is 13.2 Å². The fourth-order valence-electron chi connectivity index (χ4n) is 2.40. The molecule has 0 saturated heterocycles. The number of methoxy groups -OCH3 is 1. The first-order valence-corrected chi connectivity index (χ1v) is 9.20. The van der Waals surface area contributed by atoms with Crippen molar-refractivity contribution in [1.29, 1.82) is 5.26 Å². The van der Waals surface area contributed by atoms with E-state index in [0.29, 0.717) is 24.5 Å². The van der Waals surface area contributed by atoms with Crippen LogP contribution in [0.2, 0.25) is 0 Å². The van der Waals surface area contributed by atoms with Gasteiger partial charge in [-0.1, -0.05) is 46.3 Å². The molecular formula is C21H21BrN2O3. The molecule has 1 unspecified atom stereocenters. The van der Waals surface area contributed by atoms with E-state index < -0.39 is 5.91 Å². The van der Waals surface area contributed by atoms with E-state index in [1.165, 1.54) is 6.08 Å². The predicted octanol–water partition coefficient (Wildman–Crippen LogP) is 4.09. The third kappa shape index (κ3) is 6.55. The van der Waals surface area contributed by atoms with E-state index in [0.717, 1.165) is 10.0 Å². The molecule has 2 aromatic carbocycles.